The molecule has 0 radical (unpaired) electrons. The molecule has 1 unspecified atom stereocenters. The molecule has 3 rings (SSSR count). The molecule has 3 N–H and O–H groups in total. The monoisotopic (exact) mass is 410 g/mol. The molecule has 0 bridgehead atoms. The van der Waals surface area contributed by atoms with E-state index in [0.29, 0.717) is 37.9 Å². The van der Waals surface area contributed by atoms with Gasteiger partial charge in [-0.25, -0.2) is 18.4 Å². The van der Waals surface area contributed by atoms with Crippen molar-refractivity contribution in [3.8, 4) is 0 Å². The van der Waals surface area contributed by atoms with Crippen molar-refractivity contribution in [3.63, 3.8) is 0 Å². The number of hydrogen-bond acceptors (Lipinski definition) is 7. The number of methoxy groups -OCH3 is 1. The van der Waals surface area contributed by atoms with Crippen LogP contribution in [-0.2, 0) is 19.6 Å². The van der Waals surface area contributed by atoms with Gasteiger partial charge in [-0.3, -0.25) is 9.69 Å². The van der Waals surface area contributed by atoms with Crippen molar-refractivity contribution in [1.82, 2.24) is 10.2 Å². The topological polar surface area (TPSA) is 122 Å². The molecule has 1 atom stereocenters. The molecule has 1 saturated carbocycles. The summed E-state index contributed by atoms with van der Waals surface area (Å²) in [7, 11) is -2.68. The number of benzene rings is 1. The van der Waals surface area contributed by atoms with Crippen LogP contribution in [0.1, 0.15) is 30.1 Å². The van der Waals surface area contributed by atoms with Gasteiger partial charge in [-0.05, 0) is 38.0 Å². The van der Waals surface area contributed by atoms with Crippen LogP contribution >= 0.6 is 0 Å². The van der Waals surface area contributed by atoms with Crippen LogP contribution in [-0.4, -0.2) is 70.6 Å². The summed E-state index contributed by atoms with van der Waals surface area (Å²) in [5, 5.41) is 8.20. The third-order valence-corrected chi connectivity index (χ3v) is 6.12. The van der Waals surface area contributed by atoms with E-state index in [-0.39, 0.29) is 22.4 Å². The third kappa shape index (κ3) is 4.62. The van der Waals surface area contributed by atoms with Gasteiger partial charge in [0, 0.05) is 32.2 Å². The highest BCUT2D eigenvalue weighted by molar-refractivity contribution is 7.89. The van der Waals surface area contributed by atoms with Crippen LogP contribution in [0.5, 0.6) is 0 Å². The number of anilines is 1. The van der Waals surface area contributed by atoms with Crippen LogP contribution in [0.25, 0.3) is 0 Å². The molecule has 2 aliphatic rings. The number of piperazine rings is 1. The number of ether oxygens (including phenoxy) is 1. The Morgan fingerprint density at radius 2 is 1.86 bits per heavy atom. The molecule has 1 aliphatic carbocycles. The minimum absolute atomic E-state index is 0.0451. The Labute approximate surface area is 164 Å². The molecule has 1 aromatic carbocycles. The average Bonchev–Trinajstić information content (AvgIpc) is 3.49. The van der Waals surface area contributed by atoms with Crippen LogP contribution in [0, 0.1) is 0 Å². The predicted molar refractivity (Wildman–Crippen MR) is 104 cm³/mol. The fourth-order valence-electron chi connectivity index (χ4n) is 3.31. The Bertz CT molecular complexity index is 861. The lowest BCUT2D eigenvalue weighted by Gasteiger charge is -2.39. The van der Waals surface area contributed by atoms with E-state index in [2.05, 4.69) is 10.2 Å². The Balaban J connectivity index is 1.72. The number of amides is 1. The largest absolute Gasteiger partial charge is 0.465 e. The molecule has 2 fully saturated rings. The molecule has 28 heavy (non-hydrogen) atoms. The molecular formula is C18H26N4O5S. The van der Waals surface area contributed by atoms with E-state index in [1.165, 1.54) is 19.2 Å². The molecule has 1 saturated heterocycles. The van der Waals surface area contributed by atoms with Gasteiger partial charge < -0.3 is 15.0 Å². The van der Waals surface area contributed by atoms with Gasteiger partial charge in [-0.15, -0.1) is 0 Å². The molecule has 1 aromatic rings. The number of sulfonamides is 1. The van der Waals surface area contributed by atoms with E-state index in [1.54, 1.807) is 6.07 Å². The normalized spacial score (nSPS) is 19.2. The van der Waals surface area contributed by atoms with Gasteiger partial charge in [0.15, 0.2) is 0 Å². The summed E-state index contributed by atoms with van der Waals surface area (Å²) in [5.41, 5.74) is 0.746. The molecular weight excluding hydrogens is 384 g/mol. The Morgan fingerprint density at radius 3 is 2.39 bits per heavy atom. The second kappa shape index (κ2) is 8.06. The molecule has 0 spiro atoms. The summed E-state index contributed by atoms with van der Waals surface area (Å²) in [6.45, 7) is 4.39. The first kappa shape index (κ1) is 20.6. The lowest BCUT2D eigenvalue weighted by molar-refractivity contribution is -0.126. The van der Waals surface area contributed by atoms with Crippen molar-refractivity contribution in [2.24, 2.45) is 5.14 Å². The molecule has 1 heterocycles. The van der Waals surface area contributed by atoms with Gasteiger partial charge in [0.2, 0.25) is 15.9 Å². The van der Waals surface area contributed by atoms with Gasteiger partial charge in [0.1, 0.15) is 0 Å². The lowest BCUT2D eigenvalue weighted by atomic mass is 10.1. The predicted octanol–water partition coefficient (Wildman–Crippen LogP) is -0.0903. The fourth-order valence-corrected chi connectivity index (χ4v) is 3.85. The number of carbonyl (C=O) groups is 2. The Morgan fingerprint density at radius 1 is 1.21 bits per heavy atom. The van der Waals surface area contributed by atoms with Crippen LogP contribution in [0.3, 0.4) is 0 Å². The fraction of sp³-hybridized carbons (Fsp3) is 0.556. The zero-order valence-corrected chi connectivity index (χ0v) is 16.9. The van der Waals surface area contributed by atoms with E-state index < -0.39 is 16.0 Å². The summed E-state index contributed by atoms with van der Waals surface area (Å²) in [6.07, 6.45) is 2.11. The zero-order chi connectivity index (χ0) is 20.5. The number of rotatable bonds is 6. The molecule has 154 valence electrons. The van der Waals surface area contributed by atoms with Crippen LogP contribution < -0.4 is 15.4 Å². The highest BCUT2D eigenvalue weighted by Gasteiger charge is 2.31. The van der Waals surface area contributed by atoms with E-state index in [0.717, 1.165) is 12.8 Å². The van der Waals surface area contributed by atoms with Gasteiger partial charge in [0.25, 0.3) is 0 Å². The van der Waals surface area contributed by atoms with Gasteiger partial charge in [-0.1, -0.05) is 0 Å². The van der Waals surface area contributed by atoms with E-state index in [4.69, 9.17) is 9.88 Å². The molecule has 1 aliphatic heterocycles. The average molecular weight is 410 g/mol. The highest BCUT2D eigenvalue weighted by atomic mass is 32.2. The van der Waals surface area contributed by atoms with Crippen molar-refractivity contribution in [2.75, 3.05) is 38.2 Å². The molecule has 1 amide bonds. The van der Waals surface area contributed by atoms with Crippen LogP contribution in [0.4, 0.5) is 5.69 Å². The first-order valence-electron chi connectivity index (χ1n) is 9.25. The smallest absolute Gasteiger partial charge is 0.340 e. The standard InChI is InChI=1S/C18H26N4O5S/c1-12(17(23)20-13-3-4-13)21-7-9-22(10-8-21)16-6-5-14(28(19,25)26)11-15(16)18(24)27-2/h5-6,11-13H,3-4,7-10H2,1-2H3,(H,20,23)(H2,19,25,26). The van der Waals surface area contributed by atoms with E-state index >= 15 is 0 Å². The Kier molecular flexibility index (Phi) is 5.92. The number of nitrogens with one attached hydrogen (secondary N) is 1. The quantitative estimate of drug-likeness (QED) is 0.629. The number of nitrogens with zero attached hydrogens (tertiary/aromatic N) is 2. The number of hydrogen-bond donors (Lipinski definition) is 2. The van der Waals surface area contributed by atoms with Crippen molar-refractivity contribution in [3.05, 3.63) is 23.8 Å². The van der Waals surface area contributed by atoms with Gasteiger partial charge >= 0.3 is 5.97 Å². The maximum atomic E-state index is 12.3. The van der Waals surface area contributed by atoms with Gasteiger partial charge in [-0.2, -0.15) is 0 Å². The first-order valence-corrected chi connectivity index (χ1v) is 10.8. The first-order chi connectivity index (χ1) is 13.2. The van der Waals surface area contributed by atoms with Crippen molar-refractivity contribution >= 4 is 27.6 Å². The number of primary sulfonamides is 1. The summed E-state index contributed by atoms with van der Waals surface area (Å²) >= 11 is 0. The van der Waals surface area contributed by atoms with Crippen LogP contribution in [0.2, 0.25) is 0 Å². The van der Waals surface area contributed by atoms with Crippen molar-refractivity contribution < 1.29 is 22.7 Å². The van der Waals surface area contributed by atoms with Crippen molar-refractivity contribution in [2.45, 2.75) is 36.7 Å². The SMILES string of the molecule is COC(=O)c1cc(S(N)(=O)=O)ccc1N1CCN(C(C)C(=O)NC2CC2)CC1. The van der Waals surface area contributed by atoms with E-state index in [9.17, 15) is 18.0 Å². The summed E-state index contributed by atoms with van der Waals surface area (Å²) < 4.78 is 28.0. The second-order valence-corrected chi connectivity index (χ2v) is 8.76. The highest BCUT2D eigenvalue weighted by Crippen LogP contribution is 2.26. The molecule has 10 heteroatoms. The molecule has 9 nitrogen and oxygen atoms in total. The summed E-state index contributed by atoms with van der Waals surface area (Å²) in [5.74, 6) is -0.580. The van der Waals surface area contributed by atoms with Crippen molar-refractivity contribution in [1.29, 1.82) is 0 Å². The maximum absolute atomic E-state index is 12.3. The summed E-state index contributed by atoms with van der Waals surface area (Å²) in [6, 6.07) is 4.32. The number of carbonyl (C=O) groups excluding carboxylic acids is 2. The van der Waals surface area contributed by atoms with E-state index in [1.807, 2.05) is 11.8 Å². The number of nitrogens with two attached hydrogens (primary N) is 1. The zero-order valence-electron chi connectivity index (χ0n) is 16.1. The van der Waals surface area contributed by atoms with Crippen LogP contribution in [0.15, 0.2) is 23.1 Å². The maximum Gasteiger partial charge on any atom is 0.340 e. The third-order valence-electron chi connectivity index (χ3n) is 5.21. The summed E-state index contributed by atoms with van der Waals surface area (Å²) in [4.78, 5) is 28.4. The Hall–Kier alpha value is -2.17. The number of esters is 1. The minimum atomic E-state index is -3.93. The lowest BCUT2D eigenvalue weighted by Crippen LogP contribution is -2.54. The minimum Gasteiger partial charge on any atom is -0.465 e. The second-order valence-electron chi connectivity index (χ2n) is 7.20. The molecule has 0 aromatic heterocycles. The van der Waals surface area contributed by atoms with Gasteiger partial charge in [0.05, 0.1) is 29.3 Å².